The largest absolute Gasteiger partial charge is 0.398 e. The molecule has 3 aromatic carbocycles. The Morgan fingerprint density at radius 2 is 1.61 bits per heavy atom. The highest BCUT2D eigenvalue weighted by Crippen LogP contribution is 2.31. The molecule has 0 atom stereocenters. The van der Waals surface area contributed by atoms with Gasteiger partial charge in [0.1, 0.15) is 11.6 Å². The summed E-state index contributed by atoms with van der Waals surface area (Å²) in [6.45, 7) is 0. The molecule has 0 saturated heterocycles. The second-order valence-corrected chi connectivity index (χ2v) is 7.53. The first kappa shape index (κ1) is 19.0. The summed E-state index contributed by atoms with van der Waals surface area (Å²) in [7, 11) is 0. The first-order valence-electron chi connectivity index (χ1n) is 9.71. The van der Waals surface area contributed by atoms with Crippen molar-refractivity contribution in [2.75, 3.05) is 5.73 Å². The maximum atomic E-state index is 13.4. The third-order valence-corrected chi connectivity index (χ3v) is 5.33. The molecule has 0 radical (unpaired) electrons. The first-order valence-corrected chi connectivity index (χ1v) is 10.1. The summed E-state index contributed by atoms with van der Waals surface area (Å²) in [5.74, 6) is 0.901. The van der Waals surface area contributed by atoms with Crippen molar-refractivity contribution in [2.24, 2.45) is 0 Å². The number of anilines is 1. The van der Waals surface area contributed by atoms with Crippen molar-refractivity contribution in [1.29, 1.82) is 0 Å². The van der Waals surface area contributed by atoms with Crippen molar-refractivity contribution < 1.29 is 0 Å². The van der Waals surface area contributed by atoms with Crippen molar-refractivity contribution in [3.63, 3.8) is 0 Å². The van der Waals surface area contributed by atoms with Crippen LogP contribution in [0.2, 0.25) is 5.02 Å². The molecule has 0 spiro atoms. The van der Waals surface area contributed by atoms with E-state index in [-0.39, 0.29) is 5.56 Å². The van der Waals surface area contributed by atoms with Gasteiger partial charge in [0.15, 0.2) is 0 Å². The van der Waals surface area contributed by atoms with Gasteiger partial charge in [0.2, 0.25) is 0 Å². The van der Waals surface area contributed by atoms with Gasteiger partial charge in [-0.2, -0.15) is 0 Å². The number of rotatable bonds is 3. The van der Waals surface area contributed by atoms with Crippen LogP contribution in [-0.2, 0) is 0 Å². The number of hydrogen-bond donors (Lipinski definition) is 1. The van der Waals surface area contributed by atoms with E-state index in [1.807, 2.05) is 66.7 Å². The Morgan fingerprint density at radius 1 is 0.839 bits per heavy atom. The van der Waals surface area contributed by atoms with Gasteiger partial charge >= 0.3 is 0 Å². The second kappa shape index (κ2) is 7.70. The third-order valence-electron chi connectivity index (χ3n) is 5.11. The van der Waals surface area contributed by atoms with Crippen molar-refractivity contribution in [2.45, 2.75) is 0 Å². The number of nitrogens with two attached hydrogens (primary N) is 1. The maximum Gasteiger partial charge on any atom is 0.267 e. The van der Waals surface area contributed by atoms with Gasteiger partial charge in [0.25, 0.3) is 5.56 Å². The van der Waals surface area contributed by atoms with E-state index >= 15 is 0 Å². The number of benzene rings is 3. The van der Waals surface area contributed by atoms with Crippen LogP contribution in [0.25, 0.3) is 39.2 Å². The average Bonchev–Trinajstić information content (AvgIpc) is 2.80. The van der Waals surface area contributed by atoms with E-state index in [1.165, 1.54) is 10.8 Å². The summed E-state index contributed by atoms with van der Waals surface area (Å²) in [5, 5.41) is 1.00. The first-order chi connectivity index (χ1) is 15.1. The topological polar surface area (TPSA) is 73.8 Å². The Kier molecular flexibility index (Phi) is 4.73. The number of nitrogen functional groups attached to an aromatic ring is 1. The Hall–Kier alpha value is -3.96. The minimum Gasteiger partial charge on any atom is -0.398 e. The quantitative estimate of drug-likeness (QED) is 0.396. The molecule has 2 aromatic heterocycles. The van der Waals surface area contributed by atoms with Crippen molar-refractivity contribution in [1.82, 2.24) is 14.5 Å². The van der Waals surface area contributed by atoms with Crippen LogP contribution in [0.15, 0.2) is 95.9 Å². The monoisotopic (exact) mass is 424 g/mol. The van der Waals surface area contributed by atoms with Crippen LogP contribution in [0.5, 0.6) is 0 Å². The fraction of sp³-hybridized carbons (Fsp3) is 0. The number of hydrogen-bond acceptors (Lipinski definition) is 4. The summed E-state index contributed by atoms with van der Waals surface area (Å²) in [6, 6.07) is 26.3. The molecule has 31 heavy (non-hydrogen) atoms. The van der Waals surface area contributed by atoms with Crippen LogP contribution in [0.1, 0.15) is 0 Å². The van der Waals surface area contributed by atoms with Gasteiger partial charge in [-0.25, -0.2) is 14.5 Å². The molecule has 150 valence electrons. The fourth-order valence-electron chi connectivity index (χ4n) is 3.62. The molecule has 2 heterocycles. The fourth-order valence-corrected chi connectivity index (χ4v) is 3.73. The zero-order valence-corrected chi connectivity index (χ0v) is 17.1. The lowest BCUT2D eigenvalue weighted by atomic mass is 10.0. The summed E-state index contributed by atoms with van der Waals surface area (Å²) >= 11 is 6.01. The molecule has 0 aliphatic carbocycles. The zero-order chi connectivity index (χ0) is 21.4. The molecule has 6 heteroatoms. The highest BCUT2D eigenvalue weighted by atomic mass is 35.5. The molecule has 0 aliphatic rings. The molecular formula is C25H17ClN4O. The molecule has 0 bridgehead atoms. The van der Waals surface area contributed by atoms with E-state index in [1.54, 1.807) is 18.2 Å². The van der Waals surface area contributed by atoms with E-state index < -0.39 is 0 Å². The summed E-state index contributed by atoms with van der Waals surface area (Å²) in [5.41, 5.74) is 10.1. The van der Waals surface area contributed by atoms with E-state index in [4.69, 9.17) is 22.3 Å². The average molecular weight is 425 g/mol. The van der Waals surface area contributed by atoms with Gasteiger partial charge in [-0.3, -0.25) is 4.79 Å². The van der Waals surface area contributed by atoms with Crippen LogP contribution in [0, 0.1) is 0 Å². The van der Waals surface area contributed by atoms with Crippen molar-refractivity contribution in [3.05, 3.63) is 107 Å². The number of pyridine rings is 1. The van der Waals surface area contributed by atoms with Crippen LogP contribution in [-0.4, -0.2) is 14.5 Å². The minimum atomic E-state index is -0.207. The van der Waals surface area contributed by atoms with Crippen LogP contribution < -0.4 is 11.3 Å². The van der Waals surface area contributed by atoms with Crippen LogP contribution in [0.3, 0.4) is 0 Å². The lowest BCUT2D eigenvalue weighted by Gasteiger charge is -2.14. The number of para-hydroxylation sites is 1. The molecule has 5 aromatic rings. The molecule has 0 fully saturated rings. The number of fused-ring (bicyclic) bond motifs is 1. The highest BCUT2D eigenvalue weighted by Gasteiger charge is 2.16. The Bertz CT molecular complexity index is 1460. The standard InChI is InChI=1S/C25H17ClN4O/c26-18-11-13-23(28-15-18)30-24(29-22-9-5-4-8-20(22)25(30)31)17-10-12-19(21(27)14-17)16-6-2-1-3-7-16/h1-15H,27H2. The van der Waals surface area contributed by atoms with Crippen molar-refractivity contribution in [3.8, 4) is 28.3 Å². The summed E-state index contributed by atoms with van der Waals surface area (Å²) < 4.78 is 1.50. The van der Waals surface area contributed by atoms with Crippen LogP contribution in [0.4, 0.5) is 5.69 Å². The molecule has 5 rings (SSSR count). The third kappa shape index (κ3) is 3.45. The number of nitrogens with zero attached hydrogens (tertiary/aromatic N) is 3. The van der Waals surface area contributed by atoms with E-state index in [0.29, 0.717) is 33.3 Å². The zero-order valence-electron chi connectivity index (χ0n) is 16.4. The molecular weight excluding hydrogens is 408 g/mol. The maximum absolute atomic E-state index is 13.4. The Morgan fingerprint density at radius 3 is 2.35 bits per heavy atom. The van der Waals surface area contributed by atoms with E-state index in [0.717, 1.165) is 16.7 Å². The van der Waals surface area contributed by atoms with Gasteiger partial charge in [-0.15, -0.1) is 0 Å². The lowest BCUT2D eigenvalue weighted by molar-refractivity contribution is 0.932. The normalized spacial score (nSPS) is 11.0. The summed E-state index contributed by atoms with van der Waals surface area (Å²) in [4.78, 5) is 22.5. The molecule has 0 unspecified atom stereocenters. The molecule has 0 saturated carbocycles. The second-order valence-electron chi connectivity index (χ2n) is 7.10. The van der Waals surface area contributed by atoms with Crippen molar-refractivity contribution >= 4 is 28.2 Å². The smallest absolute Gasteiger partial charge is 0.267 e. The van der Waals surface area contributed by atoms with Crippen LogP contribution >= 0.6 is 11.6 Å². The van der Waals surface area contributed by atoms with Gasteiger partial charge in [0.05, 0.1) is 15.9 Å². The Labute approximate surface area is 183 Å². The molecule has 2 N–H and O–H groups in total. The number of aromatic nitrogens is 3. The lowest BCUT2D eigenvalue weighted by Crippen LogP contribution is -2.22. The Balaban J connectivity index is 1.76. The van der Waals surface area contributed by atoms with Gasteiger partial charge < -0.3 is 5.73 Å². The van der Waals surface area contributed by atoms with E-state index in [9.17, 15) is 4.79 Å². The predicted molar refractivity (Wildman–Crippen MR) is 125 cm³/mol. The predicted octanol–water partition coefficient (Wildman–Crippen LogP) is 5.35. The molecule has 0 amide bonds. The van der Waals surface area contributed by atoms with Gasteiger partial charge in [0, 0.05) is 23.0 Å². The highest BCUT2D eigenvalue weighted by molar-refractivity contribution is 6.30. The minimum absolute atomic E-state index is 0.207. The summed E-state index contributed by atoms with van der Waals surface area (Å²) in [6.07, 6.45) is 1.51. The van der Waals surface area contributed by atoms with Gasteiger partial charge in [-0.05, 0) is 35.9 Å². The van der Waals surface area contributed by atoms with E-state index in [2.05, 4.69) is 4.98 Å². The SMILES string of the molecule is Nc1cc(-c2nc3ccccc3c(=O)n2-c2ccc(Cl)cn2)ccc1-c1ccccc1. The number of halogens is 1. The molecule has 0 aliphatic heterocycles. The molecule has 5 nitrogen and oxygen atoms in total. The van der Waals surface area contributed by atoms with Gasteiger partial charge in [-0.1, -0.05) is 66.2 Å².